The Bertz CT molecular complexity index is 132. The summed E-state index contributed by atoms with van der Waals surface area (Å²) in [5, 5.41) is 0. The summed E-state index contributed by atoms with van der Waals surface area (Å²) in [5.41, 5.74) is 0. The van der Waals surface area contributed by atoms with Crippen molar-refractivity contribution >= 4 is 37.9 Å². The first-order valence-electron chi connectivity index (χ1n) is 4.82. The van der Waals surface area contributed by atoms with E-state index in [1.807, 2.05) is 0 Å². The summed E-state index contributed by atoms with van der Waals surface area (Å²) < 4.78 is 9.73. The summed E-state index contributed by atoms with van der Waals surface area (Å²) >= 11 is -1.58. The van der Waals surface area contributed by atoms with E-state index in [0.717, 1.165) is 2.92 Å². The molecule has 0 spiro atoms. The van der Waals surface area contributed by atoms with E-state index in [0.29, 0.717) is 0 Å². The average molecular weight is 305 g/mol. The maximum absolute atomic E-state index is 6.29. The van der Waals surface area contributed by atoms with Gasteiger partial charge in [-0.05, 0) is 0 Å². The van der Waals surface area contributed by atoms with Crippen molar-refractivity contribution < 1.29 is 0 Å². The second-order valence-corrected chi connectivity index (χ2v) is 28.0. The van der Waals surface area contributed by atoms with Crippen molar-refractivity contribution in [2.75, 3.05) is 0 Å². The summed E-state index contributed by atoms with van der Waals surface area (Å²) in [4.78, 5) is 0. The van der Waals surface area contributed by atoms with Gasteiger partial charge in [-0.3, -0.25) is 0 Å². The monoisotopic (exact) mass is 305 g/mol. The molecular weight excluding hydrogens is 281 g/mol. The number of hydrogen-bond acceptors (Lipinski definition) is 1. The van der Waals surface area contributed by atoms with Gasteiger partial charge in [-0.25, -0.2) is 0 Å². The van der Waals surface area contributed by atoms with E-state index >= 15 is 0 Å². The molecule has 0 aliphatic heterocycles. The van der Waals surface area contributed by atoms with Crippen LogP contribution in [0.5, 0.6) is 0 Å². The maximum atomic E-state index is 6.29. The van der Waals surface area contributed by atoms with Crippen LogP contribution in [0.3, 0.4) is 0 Å². The van der Waals surface area contributed by atoms with Crippen LogP contribution in [0.4, 0.5) is 0 Å². The fourth-order valence-corrected chi connectivity index (χ4v) is 43.4. The first-order chi connectivity index (χ1) is 5.07. The van der Waals surface area contributed by atoms with Crippen LogP contribution in [0, 0.1) is 0 Å². The minimum absolute atomic E-state index is 0.955. The van der Waals surface area contributed by atoms with Crippen LogP contribution in [0.1, 0.15) is 0 Å². The fraction of sp³-hybridized carbons (Fsp3) is 1.00. The van der Waals surface area contributed by atoms with Crippen molar-refractivity contribution in [2.24, 2.45) is 3.72 Å². The molecule has 0 saturated heterocycles. The fourth-order valence-electron chi connectivity index (χ4n) is 2.88. The number of rotatable bonds is 3. The van der Waals surface area contributed by atoms with Crippen molar-refractivity contribution in [1.82, 2.24) is 0 Å². The van der Waals surface area contributed by atoms with Crippen LogP contribution >= 0.6 is 0 Å². The molecule has 0 aliphatic carbocycles. The Morgan fingerprint density at radius 1 is 0.917 bits per heavy atom. The zero-order valence-electron chi connectivity index (χ0n) is 9.73. The van der Waals surface area contributed by atoms with Gasteiger partial charge in [0.15, 0.2) is 0 Å². The van der Waals surface area contributed by atoms with Gasteiger partial charge in [0.05, 0.1) is 0 Å². The predicted octanol–water partition coefficient (Wildman–Crippen LogP) is 2.69. The van der Waals surface area contributed by atoms with Crippen LogP contribution in [-0.4, -0.2) is 37.9 Å². The molecule has 0 atom stereocenters. The van der Waals surface area contributed by atoms with Gasteiger partial charge in [-0.2, -0.15) is 0 Å². The Morgan fingerprint density at radius 2 is 1.17 bits per heavy atom. The molecule has 12 heavy (non-hydrogen) atoms. The Hall–Kier alpha value is 1.26. The molecule has 0 aromatic rings. The third-order valence-electron chi connectivity index (χ3n) is 2.39. The van der Waals surface area contributed by atoms with Gasteiger partial charge in [0.2, 0.25) is 0 Å². The Labute approximate surface area is 88.1 Å². The molecular formula is C8H24InNSi2. The molecule has 0 unspecified atom stereocenters. The molecule has 72 valence electrons. The van der Waals surface area contributed by atoms with E-state index in [4.69, 9.17) is 3.72 Å². The van der Waals surface area contributed by atoms with Gasteiger partial charge in [0.25, 0.3) is 0 Å². The second kappa shape index (κ2) is 4.19. The van der Waals surface area contributed by atoms with E-state index in [9.17, 15) is 0 Å². The zero-order chi connectivity index (χ0) is 10.2. The van der Waals surface area contributed by atoms with Crippen LogP contribution in [-0.2, 0) is 0 Å². The summed E-state index contributed by atoms with van der Waals surface area (Å²) in [5.74, 6) is 0. The van der Waals surface area contributed by atoms with Crippen LogP contribution in [0.2, 0.25) is 46.9 Å². The van der Waals surface area contributed by atoms with E-state index in [2.05, 4.69) is 44.0 Å². The second-order valence-electron chi connectivity index (χ2n) is 6.07. The van der Waals surface area contributed by atoms with Gasteiger partial charge in [-0.15, -0.1) is 0 Å². The summed E-state index contributed by atoms with van der Waals surface area (Å²) in [6.45, 7) is 15.0. The Morgan fingerprint density at radius 3 is 1.17 bits per heavy atom. The molecule has 0 rings (SSSR count). The third kappa shape index (κ3) is 3.98. The molecule has 1 nitrogen and oxygen atoms in total. The molecule has 0 radical (unpaired) electrons. The van der Waals surface area contributed by atoms with E-state index in [1.54, 1.807) is 0 Å². The van der Waals surface area contributed by atoms with E-state index in [-0.39, 0.29) is 0 Å². The number of hydrogen-bond donors (Lipinski definition) is 1. The predicted molar refractivity (Wildman–Crippen MR) is 66.2 cm³/mol. The molecule has 0 aliphatic rings. The summed E-state index contributed by atoms with van der Waals surface area (Å²) in [7, 11) is -1.91. The molecule has 0 saturated carbocycles. The van der Waals surface area contributed by atoms with Gasteiger partial charge in [-0.1, -0.05) is 0 Å². The van der Waals surface area contributed by atoms with Crippen LogP contribution in [0.15, 0.2) is 0 Å². The summed E-state index contributed by atoms with van der Waals surface area (Å²) in [6, 6.07) is 0. The molecule has 0 aromatic carbocycles. The van der Waals surface area contributed by atoms with Crippen LogP contribution < -0.4 is 3.72 Å². The van der Waals surface area contributed by atoms with Crippen molar-refractivity contribution in [3.63, 3.8) is 0 Å². The van der Waals surface area contributed by atoms with Gasteiger partial charge < -0.3 is 0 Å². The topological polar surface area (TPSA) is 26.0 Å². The van der Waals surface area contributed by atoms with Crippen LogP contribution in [0.25, 0.3) is 0 Å². The van der Waals surface area contributed by atoms with Crippen molar-refractivity contribution in [2.45, 2.75) is 46.9 Å². The third-order valence-corrected chi connectivity index (χ3v) is 38.5. The first-order valence-corrected chi connectivity index (χ1v) is 19.1. The molecule has 0 amide bonds. The molecule has 0 fully saturated rings. The van der Waals surface area contributed by atoms with Crippen molar-refractivity contribution in [3.8, 4) is 0 Å². The average Bonchev–Trinajstić information content (AvgIpc) is 1.49. The standard InChI is InChI=1S/C7H19Si2.CH3.In.H2N/c1-8(2,3)7-9(4,5)6;;;/h7H,1-6H3;1H3;;1H2/q;;+1;-1. The molecule has 4 heteroatoms. The van der Waals surface area contributed by atoms with Gasteiger partial charge in [0.1, 0.15) is 0 Å². The van der Waals surface area contributed by atoms with E-state index in [1.165, 1.54) is 0 Å². The molecule has 0 aromatic heterocycles. The molecule has 0 bridgehead atoms. The molecule has 2 N–H and O–H groups in total. The van der Waals surface area contributed by atoms with Crippen molar-refractivity contribution in [1.29, 1.82) is 0 Å². The summed E-state index contributed by atoms with van der Waals surface area (Å²) in [6.07, 6.45) is 0. The van der Waals surface area contributed by atoms with Gasteiger partial charge >= 0.3 is 88.5 Å². The normalized spacial score (nSPS) is 13.8. The SMILES string of the molecule is [CH3][In]([NH2])[CH]([Si](C)(C)C)[Si](C)(C)C. The van der Waals surface area contributed by atoms with Crippen molar-refractivity contribution in [3.05, 3.63) is 0 Å². The van der Waals surface area contributed by atoms with Gasteiger partial charge in [0, 0.05) is 0 Å². The zero-order valence-corrected chi connectivity index (χ0v) is 15.0. The van der Waals surface area contributed by atoms with E-state index < -0.39 is 37.9 Å². The number of nitrogens with two attached hydrogens (primary N) is 1. The quantitative estimate of drug-likeness (QED) is 0.797. The first kappa shape index (κ1) is 13.3. The Kier molecular flexibility index (Phi) is 4.63. The molecule has 0 heterocycles. The Balaban J connectivity index is 4.70. The minimum atomic E-state index is -1.58.